The van der Waals surface area contributed by atoms with Crippen LogP contribution in [-0.4, -0.2) is 14.7 Å². The van der Waals surface area contributed by atoms with Crippen molar-refractivity contribution in [2.75, 3.05) is 5.73 Å². The average Bonchev–Trinajstić information content (AvgIpc) is 2.94. The van der Waals surface area contributed by atoms with Gasteiger partial charge in [0.15, 0.2) is 0 Å². The predicted octanol–water partition coefficient (Wildman–Crippen LogP) is 2.17. The zero-order valence-corrected chi connectivity index (χ0v) is 9.81. The summed E-state index contributed by atoms with van der Waals surface area (Å²) in [5.41, 5.74) is 6.23. The fourth-order valence-corrected chi connectivity index (χ4v) is 1.91. The number of aromatic nitrogens is 2. The monoisotopic (exact) mass is 258 g/mol. The Morgan fingerprint density at radius 3 is 2.89 bits per heavy atom. The van der Waals surface area contributed by atoms with E-state index in [0.29, 0.717) is 5.76 Å². The second kappa shape index (κ2) is 4.13. The summed E-state index contributed by atoms with van der Waals surface area (Å²) in [5, 5.41) is 15.5. The van der Waals surface area contributed by atoms with Crippen molar-refractivity contribution in [1.29, 1.82) is 0 Å². The van der Waals surface area contributed by atoms with Crippen molar-refractivity contribution in [3.63, 3.8) is 0 Å². The summed E-state index contributed by atoms with van der Waals surface area (Å²) in [6.45, 7) is 0.258. The first-order chi connectivity index (χ1) is 9.15. The van der Waals surface area contributed by atoms with E-state index < -0.39 is 4.92 Å². The van der Waals surface area contributed by atoms with Crippen LogP contribution < -0.4 is 5.73 Å². The molecule has 3 rings (SSSR count). The van der Waals surface area contributed by atoms with Gasteiger partial charge in [-0.3, -0.25) is 10.1 Å². The predicted molar refractivity (Wildman–Crippen MR) is 68.6 cm³/mol. The molecule has 96 valence electrons. The number of nitrogen functional groups attached to an aromatic ring is 1. The SMILES string of the molecule is Nc1c([N+](=O)[O-])cnn1Cc1cc2ccccc2o1. The molecule has 0 unspecified atom stereocenters. The highest BCUT2D eigenvalue weighted by atomic mass is 16.6. The highest BCUT2D eigenvalue weighted by Crippen LogP contribution is 2.23. The summed E-state index contributed by atoms with van der Waals surface area (Å²) in [6.07, 6.45) is 1.14. The largest absolute Gasteiger partial charge is 0.459 e. The van der Waals surface area contributed by atoms with E-state index in [0.717, 1.165) is 17.2 Å². The third-order valence-corrected chi connectivity index (χ3v) is 2.84. The maximum absolute atomic E-state index is 10.7. The Balaban J connectivity index is 1.94. The van der Waals surface area contributed by atoms with Crippen molar-refractivity contribution in [2.24, 2.45) is 0 Å². The van der Waals surface area contributed by atoms with Crippen molar-refractivity contribution >= 4 is 22.5 Å². The molecular formula is C12H10N4O3. The Labute approximate surface area is 107 Å². The molecule has 2 N–H and O–H groups in total. The molecule has 7 nitrogen and oxygen atoms in total. The summed E-state index contributed by atoms with van der Waals surface area (Å²) < 4.78 is 6.95. The number of anilines is 1. The van der Waals surface area contributed by atoms with Crippen molar-refractivity contribution in [2.45, 2.75) is 6.54 Å². The van der Waals surface area contributed by atoms with Crippen LogP contribution in [0.25, 0.3) is 11.0 Å². The fraction of sp³-hybridized carbons (Fsp3) is 0.0833. The minimum Gasteiger partial charge on any atom is -0.459 e. The van der Waals surface area contributed by atoms with Gasteiger partial charge in [-0.25, -0.2) is 4.68 Å². The Bertz CT molecular complexity index is 726. The van der Waals surface area contributed by atoms with Gasteiger partial charge < -0.3 is 10.2 Å². The van der Waals surface area contributed by atoms with Crippen LogP contribution in [0.3, 0.4) is 0 Å². The number of hydrogen-bond acceptors (Lipinski definition) is 5. The number of furan rings is 1. The molecule has 0 aliphatic heterocycles. The van der Waals surface area contributed by atoms with Gasteiger partial charge in [-0.1, -0.05) is 18.2 Å². The molecule has 0 atom stereocenters. The molecule has 0 amide bonds. The lowest BCUT2D eigenvalue weighted by molar-refractivity contribution is -0.384. The molecule has 3 aromatic rings. The minimum absolute atomic E-state index is 0.0189. The summed E-state index contributed by atoms with van der Waals surface area (Å²) in [6, 6.07) is 9.44. The number of para-hydroxylation sites is 1. The van der Waals surface area contributed by atoms with E-state index in [-0.39, 0.29) is 18.1 Å². The number of rotatable bonds is 3. The zero-order chi connectivity index (χ0) is 13.4. The molecule has 0 bridgehead atoms. The molecule has 0 saturated carbocycles. The standard InChI is InChI=1S/C12H10N4O3/c13-12-10(16(17)18)6-14-15(12)7-9-5-8-3-1-2-4-11(8)19-9/h1-6H,7,13H2. The van der Waals surface area contributed by atoms with Crippen molar-refractivity contribution in [3.8, 4) is 0 Å². The van der Waals surface area contributed by atoms with Gasteiger partial charge in [0.05, 0.1) is 4.92 Å². The Hall–Kier alpha value is -2.83. The highest BCUT2D eigenvalue weighted by molar-refractivity contribution is 5.77. The van der Waals surface area contributed by atoms with Crippen LogP contribution in [0.4, 0.5) is 11.5 Å². The molecule has 2 aromatic heterocycles. The van der Waals surface area contributed by atoms with Gasteiger partial charge in [0.2, 0.25) is 5.82 Å². The van der Waals surface area contributed by atoms with E-state index in [2.05, 4.69) is 5.10 Å². The minimum atomic E-state index is -0.558. The first kappa shape index (κ1) is 11.3. The van der Waals surface area contributed by atoms with E-state index >= 15 is 0 Å². The van der Waals surface area contributed by atoms with Gasteiger partial charge in [0.1, 0.15) is 24.1 Å². The van der Waals surface area contributed by atoms with Gasteiger partial charge in [-0.15, -0.1) is 0 Å². The first-order valence-corrected chi connectivity index (χ1v) is 5.58. The van der Waals surface area contributed by atoms with Gasteiger partial charge in [-0.2, -0.15) is 5.10 Å². The molecule has 0 spiro atoms. The number of fused-ring (bicyclic) bond motifs is 1. The summed E-state index contributed by atoms with van der Waals surface area (Å²) >= 11 is 0. The number of nitro groups is 1. The Morgan fingerprint density at radius 1 is 1.42 bits per heavy atom. The number of nitrogens with two attached hydrogens (primary N) is 1. The summed E-state index contributed by atoms with van der Waals surface area (Å²) in [7, 11) is 0. The first-order valence-electron chi connectivity index (χ1n) is 5.58. The Morgan fingerprint density at radius 2 is 2.21 bits per heavy atom. The number of hydrogen-bond donors (Lipinski definition) is 1. The van der Waals surface area contributed by atoms with Crippen LogP contribution >= 0.6 is 0 Å². The average molecular weight is 258 g/mol. The molecule has 0 aliphatic carbocycles. The normalized spacial score (nSPS) is 10.9. The third-order valence-electron chi connectivity index (χ3n) is 2.84. The second-order valence-electron chi connectivity index (χ2n) is 4.08. The van der Waals surface area contributed by atoms with Crippen LogP contribution in [-0.2, 0) is 6.54 Å². The zero-order valence-electron chi connectivity index (χ0n) is 9.81. The van der Waals surface area contributed by atoms with Crippen LogP contribution in [0.1, 0.15) is 5.76 Å². The van der Waals surface area contributed by atoms with Crippen LogP contribution in [0.15, 0.2) is 40.9 Å². The van der Waals surface area contributed by atoms with Crippen LogP contribution in [0, 0.1) is 10.1 Å². The molecule has 7 heteroatoms. The topological polar surface area (TPSA) is 100 Å². The summed E-state index contributed by atoms with van der Waals surface area (Å²) in [5.74, 6) is 0.663. The highest BCUT2D eigenvalue weighted by Gasteiger charge is 2.18. The number of benzene rings is 1. The number of nitrogens with zero attached hydrogens (tertiary/aromatic N) is 3. The van der Waals surface area contributed by atoms with Gasteiger partial charge >= 0.3 is 5.69 Å². The molecule has 0 radical (unpaired) electrons. The Kier molecular flexibility index (Phi) is 2.45. The molecule has 0 fully saturated rings. The molecule has 1 aromatic carbocycles. The van der Waals surface area contributed by atoms with E-state index in [4.69, 9.17) is 10.2 Å². The van der Waals surface area contributed by atoms with E-state index in [9.17, 15) is 10.1 Å². The lowest BCUT2D eigenvalue weighted by Crippen LogP contribution is -2.06. The van der Waals surface area contributed by atoms with Gasteiger partial charge in [-0.05, 0) is 12.1 Å². The van der Waals surface area contributed by atoms with Crippen molar-refractivity contribution in [3.05, 3.63) is 52.4 Å². The van der Waals surface area contributed by atoms with Crippen LogP contribution in [0.5, 0.6) is 0 Å². The molecule has 0 saturated heterocycles. The quantitative estimate of drug-likeness (QED) is 0.573. The van der Waals surface area contributed by atoms with Gasteiger partial charge in [0, 0.05) is 5.39 Å². The molecule has 2 heterocycles. The molecular weight excluding hydrogens is 248 g/mol. The lowest BCUT2D eigenvalue weighted by atomic mass is 10.2. The lowest BCUT2D eigenvalue weighted by Gasteiger charge is -1.99. The van der Waals surface area contributed by atoms with E-state index in [1.807, 2.05) is 30.3 Å². The summed E-state index contributed by atoms with van der Waals surface area (Å²) in [4.78, 5) is 10.1. The van der Waals surface area contributed by atoms with E-state index in [1.165, 1.54) is 4.68 Å². The molecule has 0 aliphatic rings. The van der Waals surface area contributed by atoms with Crippen molar-refractivity contribution in [1.82, 2.24) is 9.78 Å². The van der Waals surface area contributed by atoms with Crippen molar-refractivity contribution < 1.29 is 9.34 Å². The molecule has 19 heavy (non-hydrogen) atoms. The van der Waals surface area contributed by atoms with Gasteiger partial charge in [0.25, 0.3) is 0 Å². The second-order valence-corrected chi connectivity index (χ2v) is 4.08. The smallest absolute Gasteiger partial charge is 0.330 e. The third kappa shape index (κ3) is 1.90. The van der Waals surface area contributed by atoms with E-state index in [1.54, 1.807) is 0 Å². The fourth-order valence-electron chi connectivity index (χ4n) is 1.91. The van der Waals surface area contributed by atoms with Crippen LogP contribution in [0.2, 0.25) is 0 Å². The maximum Gasteiger partial charge on any atom is 0.330 e. The maximum atomic E-state index is 10.7.